The van der Waals surface area contributed by atoms with E-state index in [4.69, 9.17) is 4.74 Å². The smallest absolute Gasteiger partial charge is 0.0872 e. The Morgan fingerprint density at radius 1 is 1.32 bits per heavy atom. The van der Waals surface area contributed by atoms with Crippen LogP contribution in [0.15, 0.2) is 24.3 Å². The Balaban J connectivity index is 1.76. The van der Waals surface area contributed by atoms with Crippen LogP contribution in [0.1, 0.15) is 37.7 Å². The number of methoxy groups -OCH3 is 1. The third-order valence-corrected chi connectivity index (χ3v) is 4.75. The Labute approximate surface area is 115 Å². The number of aryl methyl sites for hydroxylation is 1. The zero-order valence-electron chi connectivity index (χ0n) is 11.6. The minimum absolute atomic E-state index is 0.153. The highest BCUT2D eigenvalue weighted by Crippen LogP contribution is 2.38. The van der Waals surface area contributed by atoms with Gasteiger partial charge in [-0.05, 0) is 43.7 Å². The summed E-state index contributed by atoms with van der Waals surface area (Å²) >= 11 is 0. The van der Waals surface area contributed by atoms with Crippen LogP contribution < -0.4 is 5.32 Å². The van der Waals surface area contributed by atoms with Crippen molar-refractivity contribution in [1.29, 1.82) is 0 Å². The van der Waals surface area contributed by atoms with Crippen LogP contribution in [0.3, 0.4) is 0 Å². The molecule has 19 heavy (non-hydrogen) atoms. The van der Waals surface area contributed by atoms with Gasteiger partial charge < -0.3 is 15.2 Å². The summed E-state index contributed by atoms with van der Waals surface area (Å²) in [6, 6.07) is 8.57. The standard InChI is InChI=1S/C16H23NO2/c1-19-13-6-4-10-16(18,11-13)15-9-8-12-5-2-3-7-14(12)17-15/h2-3,5,7,13,15,17-18H,4,6,8-11H2,1H3. The molecule has 3 rings (SSSR count). The molecule has 3 unspecified atom stereocenters. The molecule has 1 saturated carbocycles. The molecular formula is C16H23NO2. The third kappa shape index (κ3) is 2.49. The van der Waals surface area contributed by atoms with Crippen molar-refractivity contribution in [1.82, 2.24) is 0 Å². The number of hydrogen-bond donors (Lipinski definition) is 2. The highest BCUT2D eigenvalue weighted by atomic mass is 16.5. The molecule has 1 aliphatic heterocycles. The Morgan fingerprint density at radius 2 is 2.16 bits per heavy atom. The zero-order chi connectivity index (χ0) is 13.3. The van der Waals surface area contributed by atoms with Gasteiger partial charge in [0.15, 0.2) is 0 Å². The lowest BCUT2D eigenvalue weighted by atomic mass is 9.75. The first kappa shape index (κ1) is 12.9. The second kappa shape index (κ2) is 5.14. The van der Waals surface area contributed by atoms with Gasteiger partial charge in [-0.3, -0.25) is 0 Å². The molecule has 1 aromatic rings. The van der Waals surface area contributed by atoms with Gasteiger partial charge in [-0.15, -0.1) is 0 Å². The number of para-hydroxylation sites is 1. The summed E-state index contributed by atoms with van der Waals surface area (Å²) in [5.74, 6) is 0. The maximum absolute atomic E-state index is 11.0. The molecule has 0 saturated heterocycles. The fraction of sp³-hybridized carbons (Fsp3) is 0.625. The van der Waals surface area contributed by atoms with Crippen molar-refractivity contribution < 1.29 is 9.84 Å². The number of fused-ring (bicyclic) bond motifs is 1. The molecular weight excluding hydrogens is 238 g/mol. The van der Waals surface area contributed by atoms with Crippen LogP contribution in [0, 0.1) is 0 Å². The molecule has 0 bridgehead atoms. The molecule has 0 spiro atoms. The van der Waals surface area contributed by atoms with Gasteiger partial charge in [0.25, 0.3) is 0 Å². The Kier molecular flexibility index (Phi) is 3.50. The normalized spacial score (nSPS) is 34.4. The molecule has 3 atom stereocenters. The molecule has 1 fully saturated rings. The lowest BCUT2D eigenvalue weighted by molar-refractivity contribution is -0.0710. The van der Waals surface area contributed by atoms with E-state index in [1.54, 1.807) is 7.11 Å². The summed E-state index contributed by atoms with van der Waals surface area (Å²) in [5.41, 5.74) is 1.93. The maximum atomic E-state index is 11.0. The van der Waals surface area contributed by atoms with Gasteiger partial charge in [0.1, 0.15) is 0 Å². The number of nitrogens with one attached hydrogen (secondary N) is 1. The molecule has 2 N–H and O–H groups in total. The SMILES string of the molecule is COC1CCCC(O)(C2CCc3ccccc3N2)C1. The van der Waals surface area contributed by atoms with E-state index in [1.807, 2.05) is 0 Å². The number of aliphatic hydroxyl groups is 1. The van der Waals surface area contributed by atoms with Gasteiger partial charge in [0, 0.05) is 19.2 Å². The number of benzene rings is 1. The van der Waals surface area contributed by atoms with E-state index in [1.165, 1.54) is 11.3 Å². The van der Waals surface area contributed by atoms with Crippen molar-refractivity contribution in [2.24, 2.45) is 0 Å². The van der Waals surface area contributed by atoms with Gasteiger partial charge in [0.05, 0.1) is 17.7 Å². The van der Waals surface area contributed by atoms with E-state index < -0.39 is 5.60 Å². The molecule has 0 radical (unpaired) electrons. The van der Waals surface area contributed by atoms with Crippen LogP contribution in [0.5, 0.6) is 0 Å². The van der Waals surface area contributed by atoms with Gasteiger partial charge >= 0.3 is 0 Å². The van der Waals surface area contributed by atoms with E-state index in [0.29, 0.717) is 0 Å². The zero-order valence-corrected chi connectivity index (χ0v) is 11.6. The van der Waals surface area contributed by atoms with Gasteiger partial charge in [0.2, 0.25) is 0 Å². The number of ether oxygens (including phenoxy) is 1. The lowest BCUT2D eigenvalue weighted by Gasteiger charge is -2.44. The van der Waals surface area contributed by atoms with Crippen molar-refractivity contribution in [3.05, 3.63) is 29.8 Å². The van der Waals surface area contributed by atoms with Crippen LogP contribution in [0.25, 0.3) is 0 Å². The highest BCUT2D eigenvalue weighted by Gasteiger charge is 2.42. The predicted octanol–water partition coefficient (Wildman–Crippen LogP) is 2.73. The first-order chi connectivity index (χ1) is 9.21. The Morgan fingerprint density at radius 3 is 3.00 bits per heavy atom. The van der Waals surface area contributed by atoms with Crippen molar-refractivity contribution in [3.63, 3.8) is 0 Å². The lowest BCUT2D eigenvalue weighted by Crippen LogP contribution is -2.52. The fourth-order valence-corrected chi connectivity index (χ4v) is 3.59. The second-order valence-electron chi connectivity index (χ2n) is 5.95. The molecule has 1 aromatic carbocycles. The van der Waals surface area contributed by atoms with Gasteiger partial charge in [-0.2, -0.15) is 0 Å². The predicted molar refractivity (Wildman–Crippen MR) is 76.4 cm³/mol. The quantitative estimate of drug-likeness (QED) is 0.860. The number of hydrogen-bond acceptors (Lipinski definition) is 3. The second-order valence-corrected chi connectivity index (χ2v) is 5.95. The number of rotatable bonds is 2. The van der Waals surface area contributed by atoms with Crippen molar-refractivity contribution in [3.8, 4) is 0 Å². The Hall–Kier alpha value is -1.06. The summed E-state index contributed by atoms with van der Waals surface area (Å²) in [7, 11) is 1.75. The van der Waals surface area contributed by atoms with E-state index >= 15 is 0 Å². The topological polar surface area (TPSA) is 41.5 Å². The molecule has 0 aromatic heterocycles. The molecule has 2 aliphatic rings. The van der Waals surface area contributed by atoms with Crippen molar-refractivity contribution >= 4 is 5.69 Å². The first-order valence-corrected chi connectivity index (χ1v) is 7.31. The average molecular weight is 261 g/mol. The summed E-state index contributed by atoms with van der Waals surface area (Å²) in [6.45, 7) is 0. The van der Waals surface area contributed by atoms with Crippen LogP contribution in [-0.4, -0.2) is 30.0 Å². The minimum atomic E-state index is -0.619. The Bertz CT molecular complexity index is 448. The monoisotopic (exact) mass is 261 g/mol. The molecule has 0 amide bonds. The van der Waals surface area contributed by atoms with E-state index in [2.05, 4.69) is 29.6 Å². The summed E-state index contributed by atoms with van der Waals surface area (Å²) in [4.78, 5) is 0. The van der Waals surface area contributed by atoms with Gasteiger partial charge in [-0.25, -0.2) is 0 Å². The van der Waals surface area contributed by atoms with Crippen molar-refractivity contribution in [2.45, 2.75) is 56.3 Å². The summed E-state index contributed by atoms with van der Waals surface area (Å²) in [6.07, 6.45) is 6.02. The van der Waals surface area contributed by atoms with Crippen LogP contribution in [0.4, 0.5) is 5.69 Å². The summed E-state index contributed by atoms with van der Waals surface area (Å²) in [5, 5.41) is 14.5. The van der Waals surface area contributed by atoms with Crippen LogP contribution in [0.2, 0.25) is 0 Å². The fourth-order valence-electron chi connectivity index (χ4n) is 3.59. The summed E-state index contributed by atoms with van der Waals surface area (Å²) < 4.78 is 5.46. The van der Waals surface area contributed by atoms with Gasteiger partial charge in [-0.1, -0.05) is 18.2 Å². The molecule has 3 nitrogen and oxygen atoms in total. The minimum Gasteiger partial charge on any atom is -0.388 e. The largest absolute Gasteiger partial charge is 0.388 e. The average Bonchev–Trinajstić information content (AvgIpc) is 2.46. The first-order valence-electron chi connectivity index (χ1n) is 7.31. The molecule has 1 heterocycles. The van der Waals surface area contributed by atoms with Crippen molar-refractivity contribution in [2.75, 3.05) is 12.4 Å². The molecule has 1 aliphatic carbocycles. The van der Waals surface area contributed by atoms with E-state index in [-0.39, 0.29) is 12.1 Å². The molecule has 104 valence electrons. The highest BCUT2D eigenvalue weighted by molar-refractivity contribution is 5.54. The van der Waals surface area contributed by atoms with E-state index in [0.717, 1.165) is 38.5 Å². The molecule has 3 heteroatoms. The van der Waals surface area contributed by atoms with Crippen LogP contribution >= 0.6 is 0 Å². The van der Waals surface area contributed by atoms with E-state index in [9.17, 15) is 5.11 Å². The third-order valence-electron chi connectivity index (χ3n) is 4.75. The van der Waals surface area contributed by atoms with Crippen LogP contribution in [-0.2, 0) is 11.2 Å². The maximum Gasteiger partial charge on any atom is 0.0872 e. The number of anilines is 1.